The molecule has 0 spiro atoms. The molecule has 7 nitrogen and oxygen atoms in total. The highest BCUT2D eigenvalue weighted by Gasteiger charge is 2.23. The van der Waals surface area contributed by atoms with Crippen molar-refractivity contribution in [2.75, 3.05) is 20.6 Å². The average molecular weight is 366 g/mol. The SMILES string of the molecule is CN(C)C(CNC(=O)c1ccccc1[N+](=O)[O-])c1cn(C)c2ccccc12. The highest BCUT2D eigenvalue weighted by molar-refractivity contribution is 5.98. The van der Waals surface area contributed by atoms with Crippen molar-refractivity contribution >= 4 is 22.5 Å². The Balaban J connectivity index is 1.86. The minimum absolute atomic E-state index is 0.0668. The fourth-order valence-corrected chi connectivity index (χ4v) is 3.32. The molecule has 0 aliphatic heterocycles. The summed E-state index contributed by atoms with van der Waals surface area (Å²) in [6.45, 7) is 0.339. The van der Waals surface area contributed by atoms with Crippen molar-refractivity contribution < 1.29 is 9.72 Å². The summed E-state index contributed by atoms with van der Waals surface area (Å²) >= 11 is 0. The number of rotatable bonds is 6. The molecule has 0 fully saturated rings. The minimum atomic E-state index is -0.539. The quantitative estimate of drug-likeness (QED) is 0.537. The molecule has 1 aromatic heterocycles. The lowest BCUT2D eigenvalue weighted by molar-refractivity contribution is -0.385. The van der Waals surface area contributed by atoms with Crippen LogP contribution < -0.4 is 5.32 Å². The van der Waals surface area contributed by atoms with E-state index in [4.69, 9.17) is 0 Å². The highest BCUT2D eigenvalue weighted by atomic mass is 16.6. The standard InChI is InChI=1S/C20H22N4O3/c1-22(2)19(16-13-23(3)17-10-6-4-8-14(16)17)12-21-20(25)15-9-5-7-11-18(15)24(26)27/h4-11,13,19H,12H2,1-3H3,(H,21,25). The van der Waals surface area contributed by atoms with Gasteiger partial charge in [0.15, 0.2) is 0 Å². The van der Waals surface area contributed by atoms with Crippen LogP contribution in [0, 0.1) is 10.1 Å². The van der Waals surface area contributed by atoms with Crippen LogP contribution in [0.3, 0.4) is 0 Å². The lowest BCUT2D eigenvalue weighted by Gasteiger charge is -2.24. The van der Waals surface area contributed by atoms with Gasteiger partial charge in [0, 0.05) is 36.8 Å². The maximum absolute atomic E-state index is 12.6. The van der Waals surface area contributed by atoms with Crippen LogP contribution >= 0.6 is 0 Å². The molecule has 1 atom stereocenters. The molecule has 3 aromatic rings. The first-order valence-electron chi connectivity index (χ1n) is 8.62. The second kappa shape index (κ2) is 7.59. The van der Waals surface area contributed by atoms with Crippen molar-refractivity contribution in [1.29, 1.82) is 0 Å². The predicted octanol–water partition coefficient (Wildman–Crippen LogP) is 3.12. The van der Waals surface area contributed by atoms with Crippen molar-refractivity contribution in [3.63, 3.8) is 0 Å². The molecule has 1 unspecified atom stereocenters. The number of amides is 1. The number of carbonyl (C=O) groups is 1. The Kier molecular flexibility index (Phi) is 5.23. The van der Waals surface area contributed by atoms with Gasteiger partial charge in [-0.1, -0.05) is 30.3 Å². The number of benzene rings is 2. The van der Waals surface area contributed by atoms with Crippen LogP contribution in [0.2, 0.25) is 0 Å². The number of nitrogens with zero attached hydrogens (tertiary/aromatic N) is 3. The van der Waals surface area contributed by atoms with Crippen LogP contribution in [0.25, 0.3) is 10.9 Å². The number of carbonyl (C=O) groups excluding carboxylic acids is 1. The summed E-state index contributed by atoms with van der Waals surface area (Å²) in [4.78, 5) is 25.2. The Hall–Kier alpha value is -3.19. The van der Waals surface area contributed by atoms with Gasteiger partial charge in [-0.15, -0.1) is 0 Å². The zero-order valence-corrected chi connectivity index (χ0v) is 15.5. The second-order valence-electron chi connectivity index (χ2n) is 6.68. The minimum Gasteiger partial charge on any atom is -0.350 e. The van der Waals surface area contributed by atoms with Crippen molar-refractivity contribution in [3.8, 4) is 0 Å². The number of fused-ring (bicyclic) bond motifs is 1. The molecule has 0 saturated carbocycles. The van der Waals surface area contributed by atoms with Gasteiger partial charge in [0.25, 0.3) is 11.6 Å². The third kappa shape index (κ3) is 3.68. The number of hydrogen-bond acceptors (Lipinski definition) is 4. The van der Waals surface area contributed by atoms with Gasteiger partial charge in [0.2, 0.25) is 0 Å². The molecule has 1 N–H and O–H groups in total. The van der Waals surface area contributed by atoms with Crippen molar-refractivity contribution in [3.05, 3.63) is 76.0 Å². The van der Waals surface area contributed by atoms with Crippen molar-refractivity contribution in [1.82, 2.24) is 14.8 Å². The molecular formula is C20H22N4O3. The number of aromatic nitrogens is 1. The van der Waals surface area contributed by atoms with Crippen LogP contribution in [0.4, 0.5) is 5.69 Å². The van der Waals surface area contributed by atoms with E-state index in [9.17, 15) is 14.9 Å². The van der Waals surface area contributed by atoms with E-state index < -0.39 is 10.8 Å². The predicted molar refractivity (Wildman–Crippen MR) is 105 cm³/mol. The van der Waals surface area contributed by atoms with Crippen LogP contribution in [0.15, 0.2) is 54.7 Å². The van der Waals surface area contributed by atoms with Crippen molar-refractivity contribution in [2.24, 2.45) is 7.05 Å². The van der Waals surface area contributed by atoms with Crippen LogP contribution in [-0.2, 0) is 7.05 Å². The van der Waals surface area contributed by atoms with Gasteiger partial charge in [-0.2, -0.15) is 0 Å². The number of aryl methyl sites for hydroxylation is 1. The normalized spacial score (nSPS) is 12.3. The van der Waals surface area contributed by atoms with Crippen LogP contribution in [0.1, 0.15) is 22.0 Å². The summed E-state index contributed by atoms with van der Waals surface area (Å²) in [5.74, 6) is -0.450. The second-order valence-corrected chi connectivity index (χ2v) is 6.68. The molecule has 27 heavy (non-hydrogen) atoms. The molecule has 7 heteroatoms. The number of para-hydroxylation sites is 2. The van der Waals surface area contributed by atoms with Gasteiger partial charge in [0.1, 0.15) is 5.56 Å². The summed E-state index contributed by atoms with van der Waals surface area (Å²) in [5.41, 5.74) is 2.09. The smallest absolute Gasteiger partial charge is 0.282 e. The Bertz CT molecular complexity index is 994. The average Bonchev–Trinajstić information content (AvgIpc) is 2.98. The number of likely N-dealkylation sites (N-methyl/N-ethyl adjacent to an activating group) is 1. The zero-order chi connectivity index (χ0) is 19.6. The number of nitrogens with one attached hydrogen (secondary N) is 1. The molecule has 0 aliphatic carbocycles. The lowest BCUT2D eigenvalue weighted by atomic mass is 10.0. The van der Waals surface area contributed by atoms with E-state index in [-0.39, 0.29) is 17.3 Å². The molecule has 1 heterocycles. The molecule has 0 radical (unpaired) electrons. The first-order chi connectivity index (χ1) is 12.9. The maximum atomic E-state index is 12.6. The summed E-state index contributed by atoms with van der Waals surface area (Å²) in [6, 6.07) is 14.0. The van der Waals surface area contributed by atoms with E-state index in [1.165, 1.54) is 12.1 Å². The third-order valence-electron chi connectivity index (χ3n) is 4.71. The van der Waals surface area contributed by atoms with Gasteiger partial charge in [-0.25, -0.2) is 0 Å². The Morgan fingerprint density at radius 2 is 1.85 bits per heavy atom. The molecule has 0 aliphatic rings. The maximum Gasteiger partial charge on any atom is 0.282 e. The van der Waals surface area contributed by atoms with Gasteiger partial charge < -0.3 is 14.8 Å². The molecule has 0 saturated heterocycles. The van der Waals surface area contributed by atoms with E-state index >= 15 is 0 Å². The van der Waals surface area contributed by atoms with Crippen LogP contribution in [0.5, 0.6) is 0 Å². The monoisotopic (exact) mass is 366 g/mol. The number of nitro benzene ring substituents is 1. The van der Waals surface area contributed by atoms with Crippen LogP contribution in [-0.4, -0.2) is 40.9 Å². The summed E-state index contributed by atoms with van der Waals surface area (Å²) in [6.07, 6.45) is 2.06. The highest BCUT2D eigenvalue weighted by Crippen LogP contribution is 2.28. The first-order valence-corrected chi connectivity index (χ1v) is 8.62. The summed E-state index contributed by atoms with van der Waals surface area (Å²) < 4.78 is 2.06. The summed E-state index contributed by atoms with van der Waals surface area (Å²) in [5, 5.41) is 15.1. The number of hydrogen-bond donors (Lipinski definition) is 1. The van der Waals surface area contributed by atoms with E-state index in [1.54, 1.807) is 12.1 Å². The summed E-state index contributed by atoms with van der Waals surface area (Å²) in [7, 11) is 5.89. The fourth-order valence-electron chi connectivity index (χ4n) is 3.32. The van der Waals surface area contributed by atoms with Crippen molar-refractivity contribution in [2.45, 2.75) is 6.04 Å². The Morgan fingerprint density at radius 1 is 1.19 bits per heavy atom. The molecule has 0 bridgehead atoms. The van der Waals surface area contributed by atoms with Gasteiger partial charge in [-0.05, 0) is 31.8 Å². The Morgan fingerprint density at radius 3 is 2.56 bits per heavy atom. The van der Waals surface area contributed by atoms with Gasteiger partial charge >= 0.3 is 0 Å². The number of nitro groups is 1. The lowest BCUT2D eigenvalue weighted by Crippen LogP contribution is -2.34. The molecule has 1 amide bonds. The molecule has 3 rings (SSSR count). The van der Waals surface area contributed by atoms with Gasteiger partial charge in [0.05, 0.1) is 11.0 Å². The van der Waals surface area contributed by atoms with E-state index in [2.05, 4.69) is 28.2 Å². The molecular weight excluding hydrogens is 344 g/mol. The zero-order valence-electron chi connectivity index (χ0n) is 15.5. The van der Waals surface area contributed by atoms with Gasteiger partial charge in [-0.3, -0.25) is 14.9 Å². The fraction of sp³-hybridized carbons (Fsp3) is 0.250. The largest absolute Gasteiger partial charge is 0.350 e. The molecule has 2 aromatic carbocycles. The topological polar surface area (TPSA) is 80.4 Å². The van der Waals surface area contributed by atoms with E-state index in [0.717, 1.165) is 16.5 Å². The van der Waals surface area contributed by atoms with E-state index in [0.29, 0.717) is 6.54 Å². The molecule has 140 valence electrons. The third-order valence-corrected chi connectivity index (χ3v) is 4.71. The Labute approximate surface area is 157 Å². The van der Waals surface area contributed by atoms with E-state index in [1.807, 2.05) is 38.2 Å². The first kappa shape index (κ1) is 18.6.